The number of alkyl halides is 3. The average molecular weight is 278 g/mol. The molecular weight excluding hydrogens is 265 g/mol. The number of benzene rings is 1. The number of nitrogens with one attached hydrogen (secondary N) is 1. The summed E-state index contributed by atoms with van der Waals surface area (Å²) in [7, 11) is 0. The number of nitrogens with zero attached hydrogens (tertiary/aromatic N) is 1. The number of para-hydroxylation sites is 1. The maximum Gasteiger partial charge on any atom is 0.392 e. The molecule has 0 aliphatic carbocycles. The number of ether oxygens (including phenoxy) is 1. The van der Waals surface area contributed by atoms with E-state index in [9.17, 15) is 23.3 Å². The second-order valence-corrected chi connectivity index (χ2v) is 3.65. The van der Waals surface area contributed by atoms with Gasteiger partial charge < -0.3 is 10.1 Å². The van der Waals surface area contributed by atoms with Gasteiger partial charge in [-0.1, -0.05) is 6.07 Å². The number of anilines is 1. The fourth-order valence-corrected chi connectivity index (χ4v) is 1.44. The molecule has 0 aliphatic rings. The largest absolute Gasteiger partial charge is 0.486 e. The summed E-state index contributed by atoms with van der Waals surface area (Å²) in [5, 5.41) is 13.7. The van der Waals surface area contributed by atoms with Crippen LogP contribution in [0.4, 0.5) is 24.5 Å². The van der Waals surface area contributed by atoms with Gasteiger partial charge in [0.1, 0.15) is 5.69 Å². The Morgan fingerprint density at radius 1 is 1.42 bits per heavy atom. The van der Waals surface area contributed by atoms with Crippen molar-refractivity contribution in [1.29, 1.82) is 0 Å². The van der Waals surface area contributed by atoms with E-state index in [2.05, 4.69) is 5.32 Å². The van der Waals surface area contributed by atoms with Crippen molar-refractivity contribution < 1.29 is 22.8 Å². The van der Waals surface area contributed by atoms with Crippen LogP contribution in [0.3, 0.4) is 0 Å². The number of hydrogen-bond acceptors (Lipinski definition) is 4. The summed E-state index contributed by atoms with van der Waals surface area (Å²) in [6.07, 6.45) is -5.51. The molecule has 0 unspecified atom stereocenters. The minimum atomic E-state index is -4.35. The maximum atomic E-state index is 12.0. The minimum Gasteiger partial charge on any atom is -0.486 e. The van der Waals surface area contributed by atoms with E-state index in [0.29, 0.717) is 6.54 Å². The van der Waals surface area contributed by atoms with E-state index in [1.807, 2.05) is 0 Å². The SMILES string of the molecule is CCNc1cccc(OCCC(F)(F)F)c1[N+](=O)[O-]. The van der Waals surface area contributed by atoms with Gasteiger partial charge in [0.25, 0.3) is 0 Å². The third-order valence-electron chi connectivity index (χ3n) is 2.19. The highest BCUT2D eigenvalue weighted by atomic mass is 19.4. The van der Waals surface area contributed by atoms with Crippen molar-refractivity contribution in [1.82, 2.24) is 0 Å². The van der Waals surface area contributed by atoms with Crippen molar-refractivity contribution in [2.24, 2.45) is 0 Å². The Hall–Kier alpha value is -1.99. The Morgan fingerprint density at radius 3 is 2.63 bits per heavy atom. The molecule has 0 atom stereocenters. The number of nitro benzene ring substituents is 1. The zero-order valence-corrected chi connectivity index (χ0v) is 10.2. The van der Waals surface area contributed by atoms with Crippen LogP contribution in [0.2, 0.25) is 0 Å². The van der Waals surface area contributed by atoms with E-state index in [-0.39, 0.29) is 17.1 Å². The van der Waals surface area contributed by atoms with Gasteiger partial charge in [0.2, 0.25) is 0 Å². The molecule has 0 spiro atoms. The molecule has 0 saturated carbocycles. The number of rotatable bonds is 6. The molecule has 19 heavy (non-hydrogen) atoms. The highest BCUT2D eigenvalue weighted by molar-refractivity contribution is 5.68. The lowest BCUT2D eigenvalue weighted by Gasteiger charge is -2.11. The lowest BCUT2D eigenvalue weighted by atomic mass is 10.2. The number of nitro groups is 1. The van der Waals surface area contributed by atoms with Gasteiger partial charge in [-0.2, -0.15) is 13.2 Å². The molecule has 1 N–H and O–H groups in total. The smallest absolute Gasteiger partial charge is 0.392 e. The van der Waals surface area contributed by atoms with Crippen molar-refractivity contribution in [3.05, 3.63) is 28.3 Å². The van der Waals surface area contributed by atoms with Crippen LogP contribution in [0.5, 0.6) is 5.75 Å². The third-order valence-corrected chi connectivity index (χ3v) is 2.19. The van der Waals surface area contributed by atoms with E-state index in [0.717, 1.165) is 0 Å². The van der Waals surface area contributed by atoms with Crippen molar-refractivity contribution in [2.75, 3.05) is 18.5 Å². The Morgan fingerprint density at radius 2 is 2.11 bits per heavy atom. The van der Waals surface area contributed by atoms with Gasteiger partial charge in [-0.15, -0.1) is 0 Å². The number of hydrogen-bond donors (Lipinski definition) is 1. The van der Waals surface area contributed by atoms with E-state index in [4.69, 9.17) is 4.74 Å². The predicted octanol–water partition coefficient (Wildman–Crippen LogP) is 3.36. The lowest BCUT2D eigenvalue weighted by Crippen LogP contribution is -2.13. The molecule has 1 aromatic carbocycles. The molecule has 0 aromatic heterocycles. The van der Waals surface area contributed by atoms with Gasteiger partial charge in [0, 0.05) is 6.54 Å². The standard InChI is InChI=1S/C11H13F3N2O3/c1-2-15-8-4-3-5-9(10(8)16(17)18)19-7-6-11(12,13)14/h3-5,15H,2,6-7H2,1H3. The van der Waals surface area contributed by atoms with E-state index in [1.54, 1.807) is 6.92 Å². The van der Waals surface area contributed by atoms with Gasteiger partial charge in [-0.05, 0) is 19.1 Å². The molecule has 5 nitrogen and oxygen atoms in total. The Bertz CT molecular complexity index is 449. The molecule has 0 radical (unpaired) electrons. The lowest BCUT2D eigenvalue weighted by molar-refractivity contribution is -0.385. The van der Waals surface area contributed by atoms with Gasteiger partial charge in [-0.25, -0.2) is 0 Å². The highest BCUT2D eigenvalue weighted by Crippen LogP contribution is 2.35. The Balaban J connectivity index is 2.87. The van der Waals surface area contributed by atoms with Gasteiger partial charge in [0.05, 0.1) is 18.0 Å². The van der Waals surface area contributed by atoms with Crippen LogP contribution >= 0.6 is 0 Å². The van der Waals surface area contributed by atoms with Crippen molar-refractivity contribution >= 4 is 11.4 Å². The van der Waals surface area contributed by atoms with Crippen LogP contribution in [0.25, 0.3) is 0 Å². The Kier molecular flexibility index (Phi) is 4.96. The number of halogens is 3. The predicted molar refractivity (Wildman–Crippen MR) is 63.4 cm³/mol. The van der Waals surface area contributed by atoms with Crippen LogP contribution in [0.1, 0.15) is 13.3 Å². The van der Waals surface area contributed by atoms with Crippen molar-refractivity contribution in [3.63, 3.8) is 0 Å². The third kappa shape index (κ3) is 4.65. The molecule has 0 heterocycles. The molecule has 1 aromatic rings. The summed E-state index contributed by atoms with van der Waals surface area (Å²) in [5.74, 6) is -0.173. The topological polar surface area (TPSA) is 64.4 Å². The second kappa shape index (κ2) is 6.26. The molecule has 8 heteroatoms. The molecule has 0 bridgehead atoms. The quantitative estimate of drug-likeness (QED) is 0.640. The first-order valence-electron chi connectivity index (χ1n) is 5.56. The molecular formula is C11H13F3N2O3. The first kappa shape index (κ1) is 15.1. The summed E-state index contributed by atoms with van der Waals surface area (Å²) in [6, 6.07) is 4.22. The first-order valence-corrected chi connectivity index (χ1v) is 5.56. The summed E-state index contributed by atoms with van der Waals surface area (Å²) in [5.41, 5.74) is -0.136. The zero-order valence-electron chi connectivity index (χ0n) is 10.2. The van der Waals surface area contributed by atoms with Crippen molar-refractivity contribution in [3.8, 4) is 5.75 Å². The molecule has 106 valence electrons. The zero-order chi connectivity index (χ0) is 14.5. The van der Waals surface area contributed by atoms with E-state index >= 15 is 0 Å². The molecule has 1 rings (SSSR count). The fourth-order valence-electron chi connectivity index (χ4n) is 1.44. The minimum absolute atomic E-state index is 0.173. The summed E-state index contributed by atoms with van der Waals surface area (Å²) in [4.78, 5) is 10.3. The first-order chi connectivity index (χ1) is 8.85. The van der Waals surface area contributed by atoms with Gasteiger partial charge in [-0.3, -0.25) is 10.1 Å². The summed E-state index contributed by atoms with van der Waals surface area (Å²) in [6.45, 7) is 1.55. The summed E-state index contributed by atoms with van der Waals surface area (Å²) < 4.78 is 40.8. The second-order valence-electron chi connectivity index (χ2n) is 3.65. The maximum absolute atomic E-state index is 12.0. The molecule has 0 fully saturated rings. The van der Waals surface area contributed by atoms with Crippen LogP contribution in [-0.2, 0) is 0 Å². The van der Waals surface area contributed by atoms with Crippen molar-refractivity contribution in [2.45, 2.75) is 19.5 Å². The van der Waals surface area contributed by atoms with Gasteiger partial charge in [0.15, 0.2) is 5.75 Å². The molecule has 0 aliphatic heterocycles. The Labute approximate surface area is 107 Å². The van der Waals surface area contributed by atoms with Crippen LogP contribution < -0.4 is 10.1 Å². The van der Waals surface area contributed by atoms with Crippen LogP contribution in [-0.4, -0.2) is 24.3 Å². The van der Waals surface area contributed by atoms with Crippen LogP contribution in [0.15, 0.2) is 18.2 Å². The van der Waals surface area contributed by atoms with Crippen LogP contribution in [0, 0.1) is 10.1 Å². The van der Waals surface area contributed by atoms with E-state index in [1.165, 1.54) is 18.2 Å². The average Bonchev–Trinajstić information content (AvgIpc) is 2.27. The normalized spacial score (nSPS) is 11.2. The molecule has 0 amide bonds. The monoisotopic (exact) mass is 278 g/mol. The fraction of sp³-hybridized carbons (Fsp3) is 0.455. The molecule has 0 saturated heterocycles. The van der Waals surface area contributed by atoms with Gasteiger partial charge >= 0.3 is 11.9 Å². The van der Waals surface area contributed by atoms with E-state index < -0.39 is 24.1 Å². The highest BCUT2D eigenvalue weighted by Gasteiger charge is 2.28. The summed E-state index contributed by atoms with van der Waals surface area (Å²) >= 11 is 0.